The molecule has 2 aromatic carbocycles. The van der Waals surface area contributed by atoms with Crippen molar-refractivity contribution in [3.05, 3.63) is 64.0 Å². The van der Waals surface area contributed by atoms with Crippen LogP contribution in [-0.2, 0) is 17.9 Å². The monoisotopic (exact) mass is 438 g/mol. The third kappa shape index (κ3) is 5.67. The molecule has 31 heavy (non-hydrogen) atoms. The number of hydrogen-bond acceptors (Lipinski definition) is 5. The Bertz CT molecular complexity index is 1070. The maximum atomic E-state index is 12.5. The van der Waals surface area contributed by atoms with E-state index in [1.807, 2.05) is 51.3 Å². The zero-order valence-electron chi connectivity index (χ0n) is 19.1. The molecule has 0 aliphatic rings. The van der Waals surface area contributed by atoms with E-state index in [0.29, 0.717) is 13.2 Å². The van der Waals surface area contributed by atoms with Gasteiger partial charge in [-0.15, -0.1) is 10.2 Å². The first-order chi connectivity index (χ1) is 14.8. The van der Waals surface area contributed by atoms with E-state index in [-0.39, 0.29) is 11.7 Å². The van der Waals surface area contributed by atoms with Crippen LogP contribution in [0.5, 0.6) is 5.75 Å². The van der Waals surface area contributed by atoms with E-state index < -0.39 is 0 Å². The number of rotatable bonds is 8. The number of carbonyl (C=O) groups excluding carboxylic acids is 1. The fourth-order valence-corrected chi connectivity index (χ4v) is 4.36. The number of carbonyl (C=O) groups is 1. The Hall–Kier alpha value is -2.80. The molecule has 1 N–H and O–H groups in total. The predicted octanol–water partition coefficient (Wildman–Crippen LogP) is 5.15. The fraction of sp³-hybridized carbons (Fsp3) is 0.375. The van der Waals surface area contributed by atoms with Crippen molar-refractivity contribution in [2.24, 2.45) is 0 Å². The van der Waals surface area contributed by atoms with Gasteiger partial charge in [-0.2, -0.15) is 0 Å². The van der Waals surface area contributed by atoms with Gasteiger partial charge in [0, 0.05) is 12.2 Å². The minimum absolute atomic E-state index is 0.0566. The SMILES string of the molecule is CCn1c(COc2cc(C)ccc2C)nnc1SCC(=O)Nc1c(C)cc(C)cc1C. The van der Waals surface area contributed by atoms with Crippen LogP contribution in [0.2, 0.25) is 0 Å². The summed E-state index contributed by atoms with van der Waals surface area (Å²) < 4.78 is 7.98. The van der Waals surface area contributed by atoms with Gasteiger partial charge in [-0.1, -0.05) is 41.6 Å². The molecule has 6 nitrogen and oxygen atoms in total. The van der Waals surface area contributed by atoms with E-state index in [1.54, 1.807) is 0 Å². The van der Waals surface area contributed by atoms with E-state index in [9.17, 15) is 4.79 Å². The number of aromatic nitrogens is 3. The number of aryl methyl sites for hydroxylation is 5. The van der Waals surface area contributed by atoms with Gasteiger partial charge in [0.25, 0.3) is 0 Å². The van der Waals surface area contributed by atoms with Crippen molar-refractivity contribution in [3.63, 3.8) is 0 Å². The maximum Gasteiger partial charge on any atom is 0.234 e. The number of nitrogens with zero attached hydrogens (tertiary/aromatic N) is 3. The second kappa shape index (κ2) is 10.0. The summed E-state index contributed by atoms with van der Waals surface area (Å²) in [6.07, 6.45) is 0. The highest BCUT2D eigenvalue weighted by Crippen LogP contribution is 2.24. The van der Waals surface area contributed by atoms with Crippen LogP contribution < -0.4 is 10.1 Å². The Balaban J connectivity index is 1.63. The van der Waals surface area contributed by atoms with Gasteiger partial charge in [0.15, 0.2) is 11.0 Å². The lowest BCUT2D eigenvalue weighted by Gasteiger charge is -2.13. The van der Waals surface area contributed by atoms with Crippen molar-refractivity contribution in [3.8, 4) is 5.75 Å². The molecule has 7 heteroatoms. The Morgan fingerprint density at radius 3 is 2.39 bits per heavy atom. The number of nitrogens with one attached hydrogen (secondary N) is 1. The second-order valence-electron chi connectivity index (χ2n) is 7.81. The molecular formula is C24H30N4O2S. The van der Waals surface area contributed by atoms with Gasteiger partial charge < -0.3 is 14.6 Å². The Kier molecular flexibility index (Phi) is 7.38. The van der Waals surface area contributed by atoms with Crippen LogP contribution in [0.25, 0.3) is 0 Å². The first kappa shape index (κ1) is 22.9. The van der Waals surface area contributed by atoms with Crippen LogP contribution in [0.1, 0.15) is 40.6 Å². The standard InChI is InChI=1S/C24H30N4O2S/c1-7-28-21(13-30-20-12-15(2)8-9-17(20)4)26-27-24(28)31-14-22(29)25-23-18(5)10-16(3)11-19(23)6/h8-12H,7,13-14H2,1-6H3,(H,25,29). The minimum Gasteiger partial charge on any atom is -0.485 e. The van der Waals surface area contributed by atoms with E-state index >= 15 is 0 Å². The fourth-order valence-electron chi connectivity index (χ4n) is 3.54. The molecule has 0 radical (unpaired) electrons. The lowest BCUT2D eigenvalue weighted by molar-refractivity contribution is -0.113. The summed E-state index contributed by atoms with van der Waals surface area (Å²) in [7, 11) is 0. The van der Waals surface area contributed by atoms with Crippen molar-refractivity contribution in [1.82, 2.24) is 14.8 Å². The third-order valence-electron chi connectivity index (χ3n) is 5.08. The number of amides is 1. The molecule has 0 atom stereocenters. The summed E-state index contributed by atoms with van der Waals surface area (Å²) >= 11 is 1.38. The molecular weight excluding hydrogens is 408 g/mol. The summed E-state index contributed by atoms with van der Waals surface area (Å²) in [6.45, 7) is 13.2. The molecule has 0 spiro atoms. The van der Waals surface area contributed by atoms with E-state index in [2.05, 4.69) is 40.6 Å². The normalized spacial score (nSPS) is 10.9. The average molecular weight is 439 g/mol. The number of thioether (sulfide) groups is 1. The van der Waals surface area contributed by atoms with Gasteiger partial charge in [-0.25, -0.2) is 0 Å². The molecule has 164 valence electrons. The minimum atomic E-state index is -0.0566. The van der Waals surface area contributed by atoms with Crippen LogP contribution in [0.3, 0.4) is 0 Å². The molecule has 1 aromatic heterocycles. The van der Waals surface area contributed by atoms with Gasteiger partial charge in [-0.05, 0) is 69.9 Å². The zero-order chi connectivity index (χ0) is 22.5. The second-order valence-corrected chi connectivity index (χ2v) is 8.75. The van der Waals surface area contributed by atoms with Crippen LogP contribution in [0.4, 0.5) is 5.69 Å². The van der Waals surface area contributed by atoms with Crippen LogP contribution in [0.15, 0.2) is 35.5 Å². The highest BCUT2D eigenvalue weighted by Gasteiger charge is 2.15. The molecule has 3 aromatic rings. The summed E-state index contributed by atoms with van der Waals surface area (Å²) in [5, 5.41) is 12.3. The summed E-state index contributed by atoms with van der Waals surface area (Å²) in [6, 6.07) is 10.3. The molecule has 0 unspecified atom stereocenters. The van der Waals surface area contributed by atoms with E-state index in [0.717, 1.165) is 44.7 Å². The predicted molar refractivity (Wildman–Crippen MR) is 126 cm³/mol. The maximum absolute atomic E-state index is 12.5. The first-order valence-corrected chi connectivity index (χ1v) is 11.4. The van der Waals surface area contributed by atoms with Gasteiger partial charge in [0.1, 0.15) is 12.4 Å². The van der Waals surface area contributed by atoms with Crippen molar-refractivity contribution < 1.29 is 9.53 Å². The van der Waals surface area contributed by atoms with E-state index in [1.165, 1.54) is 17.3 Å². The van der Waals surface area contributed by atoms with Gasteiger partial charge in [0.05, 0.1) is 5.75 Å². The van der Waals surface area contributed by atoms with Crippen molar-refractivity contribution in [2.45, 2.75) is 59.9 Å². The summed E-state index contributed by atoms with van der Waals surface area (Å²) in [5.74, 6) is 1.81. The zero-order valence-corrected chi connectivity index (χ0v) is 19.9. The van der Waals surface area contributed by atoms with Crippen molar-refractivity contribution in [2.75, 3.05) is 11.1 Å². The molecule has 0 fully saturated rings. The van der Waals surface area contributed by atoms with Crippen LogP contribution in [-0.4, -0.2) is 26.4 Å². The topological polar surface area (TPSA) is 69.0 Å². The largest absolute Gasteiger partial charge is 0.485 e. The number of anilines is 1. The Morgan fingerprint density at radius 2 is 1.71 bits per heavy atom. The summed E-state index contributed by atoms with van der Waals surface area (Å²) in [4.78, 5) is 12.5. The molecule has 0 saturated heterocycles. The molecule has 3 rings (SSSR count). The van der Waals surface area contributed by atoms with E-state index in [4.69, 9.17) is 4.74 Å². The van der Waals surface area contributed by atoms with Crippen molar-refractivity contribution in [1.29, 1.82) is 0 Å². The molecule has 0 aliphatic heterocycles. The lowest BCUT2D eigenvalue weighted by Crippen LogP contribution is -2.16. The number of hydrogen-bond donors (Lipinski definition) is 1. The van der Waals surface area contributed by atoms with Crippen molar-refractivity contribution >= 4 is 23.4 Å². The van der Waals surface area contributed by atoms with Gasteiger partial charge in [0.2, 0.25) is 5.91 Å². The van der Waals surface area contributed by atoms with Crippen LogP contribution >= 0.6 is 11.8 Å². The summed E-state index contributed by atoms with van der Waals surface area (Å²) in [5.41, 5.74) is 6.45. The highest BCUT2D eigenvalue weighted by molar-refractivity contribution is 7.99. The Labute approximate surface area is 188 Å². The average Bonchev–Trinajstić information content (AvgIpc) is 3.11. The molecule has 0 saturated carbocycles. The molecule has 0 bridgehead atoms. The molecule has 1 heterocycles. The Morgan fingerprint density at radius 1 is 1.00 bits per heavy atom. The lowest BCUT2D eigenvalue weighted by atomic mass is 10.1. The molecule has 1 amide bonds. The smallest absolute Gasteiger partial charge is 0.234 e. The first-order valence-electron chi connectivity index (χ1n) is 10.4. The highest BCUT2D eigenvalue weighted by atomic mass is 32.2. The van der Waals surface area contributed by atoms with Gasteiger partial charge >= 0.3 is 0 Å². The molecule has 0 aliphatic carbocycles. The van der Waals surface area contributed by atoms with Gasteiger partial charge in [-0.3, -0.25) is 4.79 Å². The van der Waals surface area contributed by atoms with Crippen LogP contribution in [0, 0.1) is 34.6 Å². The number of ether oxygens (including phenoxy) is 1. The quantitative estimate of drug-likeness (QED) is 0.493. The number of benzene rings is 2. The third-order valence-corrected chi connectivity index (χ3v) is 6.05.